The third-order valence-electron chi connectivity index (χ3n) is 2.32. The van der Waals surface area contributed by atoms with Crippen molar-refractivity contribution in [2.24, 2.45) is 17.6 Å². The van der Waals surface area contributed by atoms with Crippen LogP contribution in [0.5, 0.6) is 0 Å². The quantitative estimate of drug-likeness (QED) is 0.504. The van der Waals surface area contributed by atoms with E-state index in [1.54, 1.807) is 25.7 Å². The molecule has 0 aromatic heterocycles. The molecule has 3 aliphatic carbocycles. The minimum atomic E-state index is 1.19. The molecule has 0 unspecified atom stereocenters. The van der Waals surface area contributed by atoms with Gasteiger partial charge in [0.1, 0.15) is 0 Å². The van der Waals surface area contributed by atoms with Crippen molar-refractivity contribution < 1.29 is 0 Å². The average molecular weight is 113 g/mol. The highest BCUT2D eigenvalue weighted by Gasteiger charge is 2.35. The number of hydrogen-bond donors (Lipinski definition) is 1. The Bertz CT molecular complexity index is 51.3. The lowest BCUT2D eigenvalue weighted by Crippen LogP contribution is -2.09. The summed E-state index contributed by atoms with van der Waals surface area (Å²) in [7, 11) is 1.50. The van der Waals surface area contributed by atoms with Crippen LogP contribution in [-0.2, 0) is 0 Å². The Morgan fingerprint density at radius 1 is 1.00 bits per heavy atom. The minimum Gasteiger partial charge on any atom is -0.333 e. The van der Waals surface area contributed by atoms with Gasteiger partial charge >= 0.3 is 0 Å². The monoisotopic (exact) mass is 113 g/mol. The molecule has 0 aromatic carbocycles. The third-order valence-corrected chi connectivity index (χ3v) is 2.32. The molecule has 2 N–H and O–H groups in total. The van der Waals surface area contributed by atoms with Crippen molar-refractivity contribution >= 4 is 0 Å². The molecular weight excluding hydrogens is 98.1 g/mol. The second kappa shape index (κ2) is 2.49. The van der Waals surface area contributed by atoms with E-state index in [4.69, 9.17) is 0 Å². The van der Waals surface area contributed by atoms with E-state index in [2.05, 4.69) is 5.73 Å². The van der Waals surface area contributed by atoms with E-state index in [1.165, 1.54) is 18.9 Å². The lowest BCUT2D eigenvalue weighted by molar-refractivity contribution is 0.304. The first kappa shape index (κ1) is 6.09. The largest absolute Gasteiger partial charge is 0.333 e. The molecule has 48 valence electrons. The van der Waals surface area contributed by atoms with Crippen molar-refractivity contribution in [3.8, 4) is 0 Å². The maximum absolute atomic E-state index is 4.50. The summed E-state index contributed by atoms with van der Waals surface area (Å²) in [6, 6.07) is 0. The summed E-state index contributed by atoms with van der Waals surface area (Å²) in [5.74, 6) is 2.38. The highest BCUT2D eigenvalue weighted by molar-refractivity contribution is 4.87. The van der Waals surface area contributed by atoms with Crippen LogP contribution in [0.3, 0.4) is 0 Å². The van der Waals surface area contributed by atoms with Crippen molar-refractivity contribution in [3.63, 3.8) is 0 Å². The average Bonchev–Trinajstić information content (AvgIpc) is 2.24. The maximum Gasteiger partial charge on any atom is -0.0195 e. The van der Waals surface area contributed by atoms with Crippen LogP contribution in [0, 0.1) is 11.8 Å². The van der Waals surface area contributed by atoms with Gasteiger partial charge < -0.3 is 5.73 Å². The molecule has 3 aliphatic rings. The standard InChI is InChI=1S/C6H10.CH5N/c1-2-6-3-5(1)4-6;1-2/h5-6H,1-4H2;2H2,1H3. The molecule has 0 heterocycles. The van der Waals surface area contributed by atoms with Gasteiger partial charge in [0.2, 0.25) is 0 Å². The van der Waals surface area contributed by atoms with E-state index < -0.39 is 0 Å². The SMILES string of the molecule is C1CC2CC1C2.CN. The van der Waals surface area contributed by atoms with Gasteiger partial charge in [0.05, 0.1) is 0 Å². The fraction of sp³-hybridized carbons (Fsp3) is 1.00. The molecule has 0 amide bonds. The van der Waals surface area contributed by atoms with Gasteiger partial charge in [-0.3, -0.25) is 0 Å². The minimum absolute atomic E-state index is 1.19. The Kier molecular flexibility index (Phi) is 1.90. The van der Waals surface area contributed by atoms with Crippen LogP contribution >= 0.6 is 0 Å². The molecule has 0 radical (unpaired) electrons. The zero-order valence-corrected chi connectivity index (χ0v) is 5.56. The third kappa shape index (κ3) is 0.873. The summed E-state index contributed by atoms with van der Waals surface area (Å²) < 4.78 is 0. The molecule has 0 aliphatic heterocycles. The highest BCUT2D eigenvalue weighted by Crippen LogP contribution is 2.47. The van der Waals surface area contributed by atoms with Crippen LogP contribution in [-0.4, -0.2) is 7.05 Å². The molecule has 3 rings (SSSR count). The Balaban J connectivity index is 0.000000147. The molecule has 0 aromatic rings. The van der Waals surface area contributed by atoms with Gasteiger partial charge in [-0.05, 0) is 31.7 Å². The van der Waals surface area contributed by atoms with Crippen molar-refractivity contribution in [2.75, 3.05) is 7.05 Å². The number of rotatable bonds is 0. The summed E-state index contributed by atoms with van der Waals surface area (Å²) in [4.78, 5) is 0. The molecule has 1 heteroatoms. The first-order valence-electron chi connectivity index (χ1n) is 3.53. The molecule has 0 saturated heterocycles. The summed E-state index contributed by atoms with van der Waals surface area (Å²) in [6.07, 6.45) is 6.29. The van der Waals surface area contributed by atoms with Crippen molar-refractivity contribution in [3.05, 3.63) is 0 Å². The normalized spacial score (nSPS) is 39.8. The molecule has 8 heavy (non-hydrogen) atoms. The Morgan fingerprint density at radius 3 is 1.50 bits per heavy atom. The topological polar surface area (TPSA) is 26.0 Å². The fourth-order valence-corrected chi connectivity index (χ4v) is 1.82. The molecule has 2 bridgehead atoms. The predicted octanol–water partition coefficient (Wildman–Crippen LogP) is 1.38. The lowest BCUT2D eigenvalue weighted by Gasteiger charge is -2.21. The molecule has 1 nitrogen and oxygen atoms in total. The zero-order chi connectivity index (χ0) is 5.98. The fourth-order valence-electron chi connectivity index (χ4n) is 1.82. The number of fused-ring (bicyclic) bond motifs is 1. The summed E-state index contributed by atoms with van der Waals surface area (Å²) in [5.41, 5.74) is 4.50. The first-order chi connectivity index (χ1) is 3.95. The molecule has 0 spiro atoms. The Labute approximate surface area is 51.3 Å². The van der Waals surface area contributed by atoms with Crippen molar-refractivity contribution in [1.29, 1.82) is 0 Å². The maximum atomic E-state index is 4.50. The van der Waals surface area contributed by atoms with Gasteiger partial charge in [-0.15, -0.1) is 0 Å². The van der Waals surface area contributed by atoms with Crippen molar-refractivity contribution in [1.82, 2.24) is 0 Å². The smallest absolute Gasteiger partial charge is 0.0195 e. The van der Waals surface area contributed by atoms with E-state index in [9.17, 15) is 0 Å². The van der Waals surface area contributed by atoms with E-state index in [0.717, 1.165) is 0 Å². The molecule has 0 atom stereocenters. The van der Waals surface area contributed by atoms with Crippen LogP contribution in [0.4, 0.5) is 0 Å². The van der Waals surface area contributed by atoms with E-state index in [1.807, 2.05) is 0 Å². The summed E-state index contributed by atoms with van der Waals surface area (Å²) >= 11 is 0. The van der Waals surface area contributed by atoms with Gasteiger partial charge in [-0.25, -0.2) is 0 Å². The van der Waals surface area contributed by atoms with Crippen LogP contribution in [0.1, 0.15) is 25.7 Å². The Morgan fingerprint density at radius 2 is 1.38 bits per heavy atom. The van der Waals surface area contributed by atoms with E-state index in [0.29, 0.717) is 0 Å². The van der Waals surface area contributed by atoms with Crippen LogP contribution in [0.25, 0.3) is 0 Å². The van der Waals surface area contributed by atoms with Gasteiger partial charge in [-0.1, -0.05) is 12.8 Å². The Hall–Kier alpha value is -0.0400. The highest BCUT2D eigenvalue weighted by atomic mass is 14.4. The van der Waals surface area contributed by atoms with E-state index in [-0.39, 0.29) is 0 Å². The van der Waals surface area contributed by atoms with Gasteiger partial charge in [0, 0.05) is 0 Å². The van der Waals surface area contributed by atoms with Gasteiger partial charge in [-0.2, -0.15) is 0 Å². The molecular formula is C7H15N. The predicted molar refractivity (Wildman–Crippen MR) is 35.6 cm³/mol. The first-order valence-corrected chi connectivity index (χ1v) is 3.53. The summed E-state index contributed by atoms with van der Waals surface area (Å²) in [6.45, 7) is 0. The zero-order valence-electron chi connectivity index (χ0n) is 5.56. The van der Waals surface area contributed by atoms with Crippen LogP contribution < -0.4 is 5.73 Å². The van der Waals surface area contributed by atoms with Crippen molar-refractivity contribution in [2.45, 2.75) is 25.7 Å². The molecule has 3 fully saturated rings. The second-order valence-electron chi connectivity index (χ2n) is 2.78. The number of hydrogen-bond acceptors (Lipinski definition) is 1. The molecule has 3 saturated carbocycles. The summed E-state index contributed by atoms with van der Waals surface area (Å²) in [5, 5.41) is 0. The van der Waals surface area contributed by atoms with Crippen LogP contribution in [0.2, 0.25) is 0 Å². The van der Waals surface area contributed by atoms with Gasteiger partial charge in [0.25, 0.3) is 0 Å². The number of nitrogens with two attached hydrogens (primary N) is 1. The van der Waals surface area contributed by atoms with E-state index >= 15 is 0 Å². The van der Waals surface area contributed by atoms with Crippen LogP contribution in [0.15, 0.2) is 0 Å². The second-order valence-corrected chi connectivity index (χ2v) is 2.78. The van der Waals surface area contributed by atoms with Gasteiger partial charge in [0.15, 0.2) is 0 Å². The lowest BCUT2D eigenvalue weighted by atomic mass is 9.85.